The molecule has 0 amide bonds. The molecule has 13 aromatic rings. The molecule has 0 nitrogen and oxygen atoms in total. The van der Waals surface area contributed by atoms with E-state index in [4.69, 9.17) is 0 Å². The van der Waals surface area contributed by atoms with Gasteiger partial charge in [-0.05, 0) is 142 Å². The topological polar surface area (TPSA) is 0 Å². The second kappa shape index (κ2) is 12.0. The van der Waals surface area contributed by atoms with E-state index in [-0.39, 0.29) is 0 Å². The Labute approximate surface area is 334 Å². The van der Waals surface area contributed by atoms with Gasteiger partial charge in [0.15, 0.2) is 0 Å². The molecule has 0 heterocycles. The monoisotopic (exact) mass is 730 g/mol. The molecule has 0 aliphatic heterocycles. The lowest BCUT2D eigenvalue weighted by molar-refractivity contribution is 1.70. The van der Waals surface area contributed by atoms with Crippen LogP contribution in [0.25, 0.3) is 130 Å². The number of hydrogen-bond acceptors (Lipinski definition) is 0. The molecule has 0 aromatic heterocycles. The first-order valence-corrected chi connectivity index (χ1v) is 20.3. The fraction of sp³-hybridized carbons (Fsp3) is 0. The van der Waals surface area contributed by atoms with E-state index in [0.717, 1.165) is 0 Å². The fourth-order valence-corrected chi connectivity index (χ4v) is 10.5. The molecule has 58 heavy (non-hydrogen) atoms. The van der Waals surface area contributed by atoms with Crippen LogP contribution in [0.5, 0.6) is 0 Å². The van der Waals surface area contributed by atoms with Gasteiger partial charge in [-0.25, -0.2) is 0 Å². The second-order valence-electron chi connectivity index (χ2n) is 15.9. The summed E-state index contributed by atoms with van der Waals surface area (Å²) in [5.74, 6) is 0. The lowest BCUT2D eigenvalue weighted by atomic mass is 9.82. The third kappa shape index (κ3) is 4.35. The highest BCUT2D eigenvalue weighted by atomic mass is 14.2. The van der Waals surface area contributed by atoms with Crippen LogP contribution in [0.3, 0.4) is 0 Å². The molecule has 266 valence electrons. The molecule has 0 radical (unpaired) electrons. The highest BCUT2D eigenvalue weighted by Gasteiger charge is 2.21. The van der Waals surface area contributed by atoms with Crippen molar-refractivity contribution in [1.29, 1.82) is 0 Å². The molecule has 0 bridgehead atoms. The lowest BCUT2D eigenvalue weighted by Crippen LogP contribution is -1.93. The van der Waals surface area contributed by atoms with E-state index in [1.807, 2.05) is 0 Å². The van der Waals surface area contributed by atoms with Crippen LogP contribution in [0.15, 0.2) is 206 Å². The Morgan fingerprint density at radius 3 is 0.983 bits per heavy atom. The van der Waals surface area contributed by atoms with Crippen molar-refractivity contribution in [2.45, 2.75) is 0 Å². The standard InChI is InChI=1S/C58H34/c1-2-14-38-35(13-1)25-30-52-47(38)31-32-53-56(36-26-28-48-43-19-5-3-15-39(43)41-17-7-9-21-45(41)54(48)33-36)50-23-11-12-24-51(50)57(58(52)53)37-27-29-49-44-20-6-4-16-40(44)42-18-8-10-22-46(42)55(49)34-37/h1-34H. The van der Waals surface area contributed by atoms with Crippen molar-refractivity contribution in [1.82, 2.24) is 0 Å². The molecule has 0 fully saturated rings. The van der Waals surface area contributed by atoms with Crippen molar-refractivity contribution >= 4 is 108 Å². The molecular formula is C58H34. The van der Waals surface area contributed by atoms with Crippen molar-refractivity contribution in [3.8, 4) is 22.3 Å². The molecule has 13 aromatic carbocycles. The molecule has 0 aliphatic carbocycles. The van der Waals surface area contributed by atoms with Gasteiger partial charge in [-0.1, -0.05) is 194 Å². The summed E-state index contributed by atoms with van der Waals surface area (Å²) < 4.78 is 0. The van der Waals surface area contributed by atoms with Gasteiger partial charge in [-0.15, -0.1) is 0 Å². The van der Waals surface area contributed by atoms with Gasteiger partial charge < -0.3 is 0 Å². The number of hydrogen-bond donors (Lipinski definition) is 0. The van der Waals surface area contributed by atoms with Crippen LogP contribution in [-0.4, -0.2) is 0 Å². The molecule has 0 aliphatic rings. The maximum absolute atomic E-state index is 2.47. The van der Waals surface area contributed by atoms with Gasteiger partial charge in [0.1, 0.15) is 0 Å². The molecule has 0 spiro atoms. The molecule has 0 saturated carbocycles. The maximum atomic E-state index is 2.47. The van der Waals surface area contributed by atoms with Gasteiger partial charge in [0.05, 0.1) is 0 Å². The van der Waals surface area contributed by atoms with Crippen molar-refractivity contribution in [3.63, 3.8) is 0 Å². The highest BCUT2D eigenvalue weighted by Crippen LogP contribution is 2.49. The van der Waals surface area contributed by atoms with Gasteiger partial charge >= 0.3 is 0 Å². The zero-order valence-corrected chi connectivity index (χ0v) is 31.6. The Kier molecular flexibility index (Phi) is 6.54. The van der Waals surface area contributed by atoms with E-state index in [2.05, 4.69) is 206 Å². The van der Waals surface area contributed by atoms with Crippen LogP contribution in [0.1, 0.15) is 0 Å². The first-order valence-electron chi connectivity index (χ1n) is 20.3. The van der Waals surface area contributed by atoms with Gasteiger partial charge in [-0.2, -0.15) is 0 Å². The molecule has 0 heteroatoms. The van der Waals surface area contributed by atoms with Gasteiger partial charge in [-0.3, -0.25) is 0 Å². The SMILES string of the molecule is c1ccc2c(c1)ccc1c2ccc2c(-c3ccc4c5ccccc5c5ccccc5c4c3)c3ccccc3c(-c3ccc4c5ccccc5c5ccccc5c4c3)c21. The molecule has 0 atom stereocenters. The summed E-state index contributed by atoms with van der Waals surface area (Å²) in [6, 6.07) is 77.3. The predicted molar refractivity (Wildman–Crippen MR) is 252 cm³/mol. The Bertz CT molecular complexity index is 3830. The summed E-state index contributed by atoms with van der Waals surface area (Å²) in [5.41, 5.74) is 5.03. The minimum atomic E-state index is 1.23. The summed E-state index contributed by atoms with van der Waals surface area (Å²) in [4.78, 5) is 0. The van der Waals surface area contributed by atoms with E-state index in [1.165, 1.54) is 130 Å². The van der Waals surface area contributed by atoms with Gasteiger partial charge in [0.25, 0.3) is 0 Å². The Hall–Kier alpha value is -7.54. The zero-order chi connectivity index (χ0) is 37.9. The first-order chi connectivity index (χ1) is 28.8. The summed E-state index contributed by atoms with van der Waals surface area (Å²) in [7, 11) is 0. The lowest BCUT2D eigenvalue weighted by Gasteiger charge is -2.21. The molecule has 0 N–H and O–H groups in total. The van der Waals surface area contributed by atoms with E-state index in [0.29, 0.717) is 0 Å². The molecule has 0 saturated heterocycles. The summed E-state index contributed by atoms with van der Waals surface area (Å²) in [5, 5.41) is 25.7. The van der Waals surface area contributed by atoms with Crippen molar-refractivity contribution in [2.75, 3.05) is 0 Å². The molecule has 13 rings (SSSR count). The average Bonchev–Trinajstić information content (AvgIpc) is 3.30. The number of rotatable bonds is 2. The van der Waals surface area contributed by atoms with Gasteiger partial charge in [0, 0.05) is 0 Å². The second-order valence-corrected chi connectivity index (χ2v) is 15.9. The van der Waals surface area contributed by atoms with Crippen LogP contribution < -0.4 is 0 Å². The fourth-order valence-electron chi connectivity index (χ4n) is 10.5. The Balaban J connectivity index is 1.20. The van der Waals surface area contributed by atoms with Crippen LogP contribution in [0, 0.1) is 0 Å². The van der Waals surface area contributed by atoms with Crippen LogP contribution in [0.2, 0.25) is 0 Å². The van der Waals surface area contributed by atoms with Crippen molar-refractivity contribution in [3.05, 3.63) is 206 Å². The Morgan fingerprint density at radius 1 is 0.172 bits per heavy atom. The average molecular weight is 731 g/mol. The summed E-state index contributed by atoms with van der Waals surface area (Å²) in [6.45, 7) is 0. The normalized spacial score (nSPS) is 12.1. The predicted octanol–water partition coefficient (Wildman–Crippen LogP) is 16.6. The number of benzene rings is 13. The summed E-state index contributed by atoms with van der Waals surface area (Å²) >= 11 is 0. The third-order valence-electron chi connectivity index (χ3n) is 13.0. The number of fused-ring (bicyclic) bond motifs is 18. The minimum absolute atomic E-state index is 1.23. The van der Waals surface area contributed by atoms with Crippen molar-refractivity contribution < 1.29 is 0 Å². The van der Waals surface area contributed by atoms with Crippen molar-refractivity contribution in [2.24, 2.45) is 0 Å². The van der Waals surface area contributed by atoms with Crippen LogP contribution >= 0.6 is 0 Å². The zero-order valence-electron chi connectivity index (χ0n) is 31.6. The minimum Gasteiger partial charge on any atom is -0.0616 e. The highest BCUT2D eigenvalue weighted by molar-refractivity contribution is 6.33. The summed E-state index contributed by atoms with van der Waals surface area (Å²) in [6.07, 6.45) is 0. The van der Waals surface area contributed by atoms with E-state index in [1.54, 1.807) is 0 Å². The van der Waals surface area contributed by atoms with E-state index >= 15 is 0 Å². The van der Waals surface area contributed by atoms with E-state index in [9.17, 15) is 0 Å². The molecule has 0 unspecified atom stereocenters. The van der Waals surface area contributed by atoms with E-state index < -0.39 is 0 Å². The van der Waals surface area contributed by atoms with Crippen LogP contribution in [-0.2, 0) is 0 Å². The maximum Gasteiger partial charge on any atom is -0.00139 e. The largest absolute Gasteiger partial charge is 0.0616 e. The molecular weight excluding hydrogens is 697 g/mol. The quantitative estimate of drug-likeness (QED) is 0.123. The first kappa shape index (κ1) is 31.6. The van der Waals surface area contributed by atoms with Gasteiger partial charge in [0.2, 0.25) is 0 Å². The third-order valence-corrected chi connectivity index (χ3v) is 13.0. The van der Waals surface area contributed by atoms with Crippen LogP contribution in [0.4, 0.5) is 0 Å². The Morgan fingerprint density at radius 2 is 0.483 bits per heavy atom. The smallest absolute Gasteiger partial charge is 0.00139 e.